The average molecular weight is 359 g/mol. The molecule has 0 amide bonds. The van der Waals surface area contributed by atoms with Gasteiger partial charge in [0.2, 0.25) is 17.5 Å². The van der Waals surface area contributed by atoms with Gasteiger partial charge >= 0.3 is 0 Å². The molecule has 0 atom stereocenters. The first-order chi connectivity index (χ1) is 13.3. The van der Waals surface area contributed by atoms with Crippen LogP contribution in [0, 0.1) is 11.3 Å². The summed E-state index contributed by atoms with van der Waals surface area (Å²) >= 11 is 0. The third-order valence-electron chi connectivity index (χ3n) is 4.71. The number of ether oxygens (including phenoxy) is 1. The summed E-state index contributed by atoms with van der Waals surface area (Å²) in [7, 11) is 0. The molecule has 1 aliphatic rings. The molecule has 0 N–H and O–H groups in total. The minimum atomic E-state index is 0.358. The molecule has 5 nitrogen and oxygen atoms in total. The molecule has 1 fully saturated rings. The Hall–Kier alpha value is -3.26. The highest BCUT2D eigenvalue weighted by molar-refractivity contribution is 5.60. The number of benzene rings is 2. The molecule has 0 unspecified atom stereocenters. The van der Waals surface area contributed by atoms with E-state index in [-0.39, 0.29) is 0 Å². The van der Waals surface area contributed by atoms with E-state index in [1.165, 1.54) is 6.42 Å². The number of oxazole rings is 1. The second-order valence-corrected chi connectivity index (χ2v) is 6.63. The van der Waals surface area contributed by atoms with Gasteiger partial charge in [0.05, 0.1) is 0 Å². The van der Waals surface area contributed by atoms with Crippen LogP contribution in [-0.2, 0) is 6.61 Å². The standard InChI is InChI=1S/C22H21N3O2/c23-15-20-22(25-13-5-2-6-14-25)27-21(24-20)18-9-11-19(12-10-18)26-16-17-7-3-1-4-8-17/h1,3-4,7-12H,2,5-6,13-14,16H2. The van der Waals surface area contributed by atoms with Gasteiger partial charge in [0.1, 0.15) is 18.4 Å². The fourth-order valence-corrected chi connectivity index (χ4v) is 3.25. The largest absolute Gasteiger partial charge is 0.489 e. The molecule has 1 aromatic heterocycles. The van der Waals surface area contributed by atoms with Crippen molar-refractivity contribution in [1.29, 1.82) is 5.26 Å². The minimum absolute atomic E-state index is 0.358. The number of aromatic nitrogens is 1. The number of rotatable bonds is 5. The summed E-state index contributed by atoms with van der Waals surface area (Å²) < 4.78 is 11.8. The van der Waals surface area contributed by atoms with E-state index in [0.717, 1.165) is 42.8 Å². The smallest absolute Gasteiger partial charge is 0.235 e. The predicted molar refractivity (Wildman–Crippen MR) is 103 cm³/mol. The molecular formula is C22H21N3O2. The van der Waals surface area contributed by atoms with Crippen LogP contribution in [-0.4, -0.2) is 18.1 Å². The molecule has 0 spiro atoms. The summed E-state index contributed by atoms with van der Waals surface area (Å²) in [4.78, 5) is 6.51. The number of nitriles is 1. The molecule has 27 heavy (non-hydrogen) atoms. The Kier molecular flexibility index (Phi) is 5.06. The Bertz CT molecular complexity index is 920. The summed E-state index contributed by atoms with van der Waals surface area (Å²) in [5.41, 5.74) is 2.32. The summed E-state index contributed by atoms with van der Waals surface area (Å²) in [6.45, 7) is 2.35. The number of hydrogen-bond donors (Lipinski definition) is 0. The van der Waals surface area contributed by atoms with E-state index in [4.69, 9.17) is 9.15 Å². The van der Waals surface area contributed by atoms with Gasteiger partial charge in [-0.25, -0.2) is 0 Å². The van der Waals surface area contributed by atoms with Crippen LogP contribution in [0.4, 0.5) is 5.88 Å². The molecule has 5 heteroatoms. The lowest BCUT2D eigenvalue weighted by atomic mass is 10.1. The van der Waals surface area contributed by atoms with E-state index in [0.29, 0.717) is 24.1 Å². The normalized spacial score (nSPS) is 14.0. The SMILES string of the molecule is N#Cc1nc(-c2ccc(OCc3ccccc3)cc2)oc1N1CCCCC1. The monoisotopic (exact) mass is 359 g/mol. The molecule has 1 aliphatic heterocycles. The zero-order valence-corrected chi connectivity index (χ0v) is 15.1. The molecule has 0 saturated carbocycles. The lowest BCUT2D eigenvalue weighted by Gasteiger charge is -2.25. The second kappa shape index (κ2) is 7.96. The number of nitrogens with zero attached hydrogens (tertiary/aromatic N) is 3. The van der Waals surface area contributed by atoms with Crippen LogP contribution in [0.25, 0.3) is 11.5 Å². The zero-order chi connectivity index (χ0) is 18.5. The highest BCUT2D eigenvalue weighted by Gasteiger charge is 2.21. The summed E-state index contributed by atoms with van der Waals surface area (Å²) in [5.74, 6) is 1.85. The Balaban J connectivity index is 1.48. The topological polar surface area (TPSA) is 62.3 Å². The van der Waals surface area contributed by atoms with Crippen LogP contribution >= 0.6 is 0 Å². The van der Waals surface area contributed by atoms with Crippen molar-refractivity contribution in [3.8, 4) is 23.3 Å². The third kappa shape index (κ3) is 3.95. The highest BCUT2D eigenvalue weighted by atomic mass is 16.5. The fraction of sp³-hybridized carbons (Fsp3) is 0.273. The van der Waals surface area contributed by atoms with Crippen LogP contribution in [0.2, 0.25) is 0 Å². The van der Waals surface area contributed by atoms with Gasteiger partial charge in [-0.1, -0.05) is 30.3 Å². The van der Waals surface area contributed by atoms with Crippen molar-refractivity contribution in [2.45, 2.75) is 25.9 Å². The first-order valence-corrected chi connectivity index (χ1v) is 9.26. The lowest BCUT2D eigenvalue weighted by molar-refractivity contribution is 0.306. The second-order valence-electron chi connectivity index (χ2n) is 6.63. The van der Waals surface area contributed by atoms with Gasteiger partial charge in [-0.2, -0.15) is 10.2 Å². The van der Waals surface area contributed by atoms with Gasteiger partial charge in [0.15, 0.2) is 0 Å². The van der Waals surface area contributed by atoms with Crippen molar-refractivity contribution in [2.75, 3.05) is 18.0 Å². The maximum absolute atomic E-state index is 9.41. The Morgan fingerprint density at radius 3 is 2.44 bits per heavy atom. The predicted octanol–water partition coefficient (Wildman–Crippen LogP) is 4.78. The molecule has 1 saturated heterocycles. The van der Waals surface area contributed by atoms with Crippen molar-refractivity contribution in [3.63, 3.8) is 0 Å². The molecule has 2 aromatic carbocycles. The first kappa shape index (κ1) is 17.2. The van der Waals surface area contributed by atoms with Gasteiger partial charge in [-0.3, -0.25) is 0 Å². The third-order valence-corrected chi connectivity index (χ3v) is 4.71. The molecule has 0 aliphatic carbocycles. The van der Waals surface area contributed by atoms with E-state index >= 15 is 0 Å². The average Bonchev–Trinajstić information content (AvgIpc) is 3.18. The minimum Gasteiger partial charge on any atom is -0.489 e. The zero-order valence-electron chi connectivity index (χ0n) is 15.1. The maximum atomic E-state index is 9.41. The molecular weight excluding hydrogens is 338 g/mol. The Morgan fingerprint density at radius 1 is 1.00 bits per heavy atom. The summed E-state index contributed by atoms with van der Waals surface area (Å²) in [5, 5.41) is 9.41. The fourth-order valence-electron chi connectivity index (χ4n) is 3.25. The van der Waals surface area contributed by atoms with Crippen molar-refractivity contribution in [2.24, 2.45) is 0 Å². The van der Waals surface area contributed by atoms with Crippen LogP contribution in [0.15, 0.2) is 59.0 Å². The molecule has 3 aromatic rings. The van der Waals surface area contributed by atoms with E-state index in [2.05, 4.69) is 16.0 Å². The van der Waals surface area contributed by atoms with E-state index in [1.54, 1.807) is 0 Å². The highest BCUT2D eigenvalue weighted by Crippen LogP contribution is 2.30. The van der Waals surface area contributed by atoms with Gasteiger partial charge in [-0.15, -0.1) is 0 Å². The van der Waals surface area contributed by atoms with Crippen LogP contribution in [0.5, 0.6) is 5.75 Å². The van der Waals surface area contributed by atoms with Gasteiger partial charge in [0, 0.05) is 18.7 Å². The van der Waals surface area contributed by atoms with E-state index < -0.39 is 0 Å². The molecule has 2 heterocycles. The van der Waals surface area contributed by atoms with E-state index in [1.807, 2.05) is 54.6 Å². The van der Waals surface area contributed by atoms with Crippen molar-refractivity contribution in [1.82, 2.24) is 4.98 Å². The van der Waals surface area contributed by atoms with E-state index in [9.17, 15) is 5.26 Å². The van der Waals surface area contributed by atoms with Crippen LogP contribution < -0.4 is 9.64 Å². The van der Waals surface area contributed by atoms with Crippen molar-refractivity contribution < 1.29 is 9.15 Å². The van der Waals surface area contributed by atoms with Crippen molar-refractivity contribution in [3.05, 3.63) is 65.9 Å². The van der Waals surface area contributed by atoms with Gasteiger partial charge in [0.25, 0.3) is 0 Å². The van der Waals surface area contributed by atoms with Crippen LogP contribution in [0.3, 0.4) is 0 Å². The molecule has 4 rings (SSSR count). The van der Waals surface area contributed by atoms with Crippen molar-refractivity contribution >= 4 is 5.88 Å². The van der Waals surface area contributed by atoms with Gasteiger partial charge in [-0.05, 0) is 49.1 Å². The summed E-state index contributed by atoms with van der Waals surface area (Å²) in [6, 6.07) is 19.8. The van der Waals surface area contributed by atoms with Crippen LogP contribution in [0.1, 0.15) is 30.5 Å². The number of anilines is 1. The quantitative estimate of drug-likeness (QED) is 0.656. The molecule has 136 valence electrons. The maximum Gasteiger partial charge on any atom is 0.235 e. The lowest BCUT2D eigenvalue weighted by Crippen LogP contribution is -2.29. The Morgan fingerprint density at radius 2 is 1.74 bits per heavy atom. The molecule has 0 radical (unpaired) electrons. The first-order valence-electron chi connectivity index (χ1n) is 9.26. The summed E-state index contributed by atoms with van der Waals surface area (Å²) in [6.07, 6.45) is 3.46. The van der Waals surface area contributed by atoms with Gasteiger partial charge < -0.3 is 14.1 Å². The number of hydrogen-bond acceptors (Lipinski definition) is 5. The number of piperidine rings is 1. The molecule has 0 bridgehead atoms. The Labute approximate surface area is 158 Å².